The van der Waals surface area contributed by atoms with Crippen LogP contribution in [0.3, 0.4) is 0 Å². The minimum absolute atomic E-state index is 0.450. The molecule has 0 nitrogen and oxygen atoms in total. The predicted molar refractivity (Wildman–Crippen MR) is 87.4 cm³/mol. The van der Waals surface area contributed by atoms with Gasteiger partial charge in [-0.05, 0) is 71.6 Å². The van der Waals surface area contributed by atoms with E-state index in [-0.39, 0.29) is 0 Å². The summed E-state index contributed by atoms with van der Waals surface area (Å²) in [6, 6.07) is 4.91. The lowest BCUT2D eigenvalue weighted by molar-refractivity contribution is 0.117. The molecule has 3 unspecified atom stereocenters. The van der Waals surface area contributed by atoms with Gasteiger partial charge in [-0.15, -0.1) is 0 Å². The Bertz CT molecular complexity index is 511. The SMILES string of the molecule is Cc1c(C(C)C)ccc2c1CCC1C(C)CCCC21C. The molecule has 3 atom stereocenters. The van der Waals surface area contributed by atoms with Crippen LogP contribution in [0.25, 0.3) is 0 Å². The minimum atomic E-state index is 0.450. The number of benzene rings is 1. The summed E-state index contributed by atoms with van der Waals surface area (Å²) in [4.78, 5) is 0. The number of rotatable bonds is 1. The van der Waals surface area contributed by atoms with Gasteiger partial charge in [-0.3, -0.25) is 0 Å². The summed E-state index contributed by atoms with van der Waals surface area (Å²) >= 11 is 0. The molecule has 1 aromatic rings. The van der Waals surface area contributed by atoms with Crippen LogP contribution in [0.5, 0.6) is 0 Å². The fourth-order valence-electron chi connectivity index (χ4n) is 5.30. The summed E-state index contributed by atoms with van der Waals surface area (Å²) in [6.45, 7) is 12.1. The highest BCUT2D eigenvalue weighted by molar-refractivity contribution is 5.47. The monoisotopic (exact) mass is 270 g/mol. The molecule has 0 heteroatoms. The van der Waals surface area contributed by atoms with E-state index < -0.39 is 0 Å². The van der Waals surface area contributed by atoms with Crippen LogP contribution < -0.4 is 0 Å². The van der Waals surface area contributed by atoms with E-state index in [1.807, 2.05) is 0 Å². The summed E-state index contributed by atoms with van der Waals surface area (Å²) in [7, 11) is 0. The molecule has 20 heavy (non-hydrogen) atoms. The van der Waals surface area contributed by atoms with Gasteiger partial charge in [0.25, 0.3) is 0 Å². The Kier molecular flexibility index (Phi) is 3.47. The first-order valence-corrected chi connectivity index (χ1v) is 8.58. The topological polar surface area (TPSA) is 0 Å². The van der Waals surface area contributed by atoms with Gasteiger partial charge in [0, 0.05) is 0 Å². The second kappa shape index (κ2) is 4.90. The van der Waals surface area contributed by atoms with Crippen LogP contribution in [0.1, 0.15) is 81.5 Å². The molecule has 1 saturated carbocycles. The van der Waals surface area contributed by atoms with Gasteiger partial charge in [-0.2, -0.15) is 0 Å². The highest BCUT2D eigenvalue weighted by Gasteiger charge is 2.45. The van der Waals surface area contributed by atoms with Crippen LogP contribution in [-0.4, -0.2) is 0 Å². The van der Waals surface area contributed by atoms with Gasteiger partial charge in [-0.25, -0.2) is 0 Å². The molecule has 0 aliphatic heterocycles. The van der Waals surface area contributed by atoms with Crippen molar-refractivity contribution in [1.82, 2.24) is 0 Å². The molecule has 2 aliphatic rings. The third kappa shape index (κ3) is 1.95. The third-order valence-corrected chi connectivity index (χ3v) is 6.44. The van der Waals surface area contributed by atoms with Gasteiger partial charge in [0.05, 0.1) is 0 Å². The van der Waals surface area contributed by atoms with Crippen molar-refractivity contribution < 1.29 is 0 Å². The Morgan fingerprint density at radius 1 is 1.20 bits per heavy atom. The van der Waals surface area contributed by atoms with E-state index in [1.54, 1.807) is 22.3 Å². The van der Waals surface area contributed by atoms with Crippen LogP contribution in [0.15, 0.2) is 12.1 Å². The zero-order valence-corrected chi connectivity index (χ0v) is 13.9. The van der Waals surface area contributed by atoms with E-state index in [4.69, 9.17) is 0 Å². The highest BCUT2D eigenvalue weighted by atomic mass is 14.5. The molecule has 0 N–H and O–H groups in total. The molecule has 0 saturated heterocycles. The van der Waals surface area contributed by atoms with E-state index in [9.17, 15) is 0 Å². The molecule has 0 radical (unpaired) electrons. The lowest BCUT2D eigenvalue weighted by Crippen LogP contribution is -2.43. The van der Waals surface area contributed by atoms with Gasteiger partial charge in [0.2, 0.25) is 0 Å². The molecule has 1 fully saturated rings. The first-order valence-electron chi connectivity index (χ1n) is 8.58. The molecule has 0 bridgehead atoms. The standard InChI is InChI=1S/C20H30/c1-13(2)16-8-11-19-17(15(16)4)9-10-18-14(3)7-6-12-20(18,19)5/h8,11,13-14,18H,6-7,9-10,12H2,1-5H3. The second-order valence-corrected chi connectivity index (χ2v) is 7.89. The summed E-state index contributed by atoms with van der Waals surface area (Å²) < 4.78 is 0. The summed E-state index contributed by atoms with van der Waals surface area (Å²) in [5.41, 5.74) is 7.00. The van der Waals surface area contributed by atoms with Crippen molar-refractivity contribution in [3.63, 3.8) is 0 Å². The molecule has 3 rings (SSSR count). The van der Waals surface area contributed by atoms with Crippen LogP contribution in [-0.2, 0) is 11.8 Å². The van der Waals surface area contributed by atoms with Gasteiger partial charge in [0.1, 0.15) is 0 Å². The van der Waals surface area contributed by atoms with Crippen molar-refractivity contribution in [3.8, 4) is 0 Å². The van der Waals surface area contributed by atoms with Gasteiger partial charge >= 0.3 is 0 Å². The van der Waals surface area contributed by atoms with Crippen LogP contribution in [0, 0.1) is 18.8 Å². The molecule has 2 aliphatic carbocycles. The van der Waals surface area contributed by atoms with E-state index in [1.165, 1.54) is 32.1 Å². The van der Waals surface area contributed by atoms with Crippen molar-refractivity contribution in [2.24, 2.45) is 11.8 Å². The van der Waals surface area contributed by atoms with Gasteiger partial charge < -0.3 is 0 Å². The van der Waals surface area contributed by atoms with Crippen LogP contribution in [0.2, 0.25) is 0 Å². The molecular weight excluding hydrogens is 240 g/mol. The molecular formula is C20H30. The molecule has 0 amide bonds. The van der Waals surface area contributed by atoms with Crippen molar-refractivity contribution in [2.75, 3.05) is 0 Å². The molecule has 0 heterocycles. The smallest absolute Gasteiger partial charge is 0.00416 e. The van der Waals surface area contributed by atoms with E-state index >= 15 is 0 Å². The van der Waals surface area contributed by atoms with Crippen LogP contribution >= 0.6 is 0 Å². The minimum Gasteiger partial charge on any atom is -0.0622 e. The number of fused-ring (bicyclic) bond motifs is 3. The maximum atomic E-state index is 2.56. The summed E-state index contributed by atoms with van der Waals surface area (Å²) in [6.07, 6.45) is 6.98. The Labute approximate surface area is 125 Å². The maximum Gasteiger partial charge on any atom is -0.00416 e. The average Bonchev–Trinajstić information content (AvgIpc) is 2.39. The Hall–Kier alpha value is -0.780. The van der Waals surface area contributed by atoms with E-state index in [0.29, 0.717) is 11.3 Å². The predicted octanol–water partition coefficient (Wildman–Crippen LogP) is 5.76. The fraction of sp³-hybridized carbons (Fsp3) is 0.700. The maximum absolute atomic E-state index is 2.56. The molecule has 1 aromatic carbocycles. The first kappa shape index (κ1) is 14.2. The first-order chi connectivity index (χ1) is 9.45. The number of hydrogen-bond donors (Lipinski definition) is 0. The van der Waals surface area contributed by atoms with Gasteiger partial charge in [-0.1, -0.05) is 52.7 Å². The zero-order valence-electron chi connectivity index (χ0n) is 13.9. The lowest BCUT2D eigenvalue weighted by atomic mass is 9.54. The lowest BCUT2D eigenvalue weighted by Gasteiger charge is -2.50. The van der Waals surface area contributed by atoms with E-state index in [0.717, 1.165) is 11.8 Å². The van der Waals surface area contributed by atoms with Crippen molar-refractivity contribution in [2.45, 2.75) is 78.1 Å². The van der Waals surface area contributed by atoms with Crippen LogP contribution in [0.4, 0.5) is 0 Å². The van der Waals surface area contributed by atoms with E-state index in [2.05, 4.69) is 46.8 Å². The Morgan fingerprint density at radius 2 is 1.95 bits per heavy atom. The summed E-state index contributed by atoms with van der Waals surface area (Å²) in [5, 5.41) is 0. The Morgan fingerprint density at radius 3 is 2.65 bits per heavy atom. The third-order valence-electron chi connectivity index (χ3n) is 6.44. The molecule has 0 aromatic heterocycles. The van der Waals surface area contributed by atoms with Crippen molar-refractivity contribution >= 4 is 0 Å². The normalized spacial score (nSPS) is 32.9. The highest BCUT2D eigenvalue weighted by Crippen LogP contribution is 2.52. The van der Waals surface area contributed by atoms with Crippen molar-refractivity contribution in [3.05, 3.63) is 34.4 Å². The van der Waals surface area contributed by atoms with Crippen molar-refractivity contribution in [1.29, 1.82) is 0 Å². The quantitative estimate of drug-likeness (QED) is 0.608. The summed E-state index contributed by atoms with van der Waals surface area (Å²) in [5.74, 6) is 2.47. The zero-order chi connectivity index (χ0) is 14.5. The largest absolute Gasteiger partial charge is 0.0622 e. The molecule has 110 valence electrons. The second-order valence-electron chi connectivity index (χ2n) is 7.89. The Balaban J connectivity index is 2.11. The average molecular weight is 270 g/mol. The van der Waals surface area contributed by atoms with Gasteiger partial charge in [0.15, 0.2) is 0 Å². The fourth-order valence-corrected chi connectivity index (χ4v) is 5.30. The number of hydrogen-bond acceptors (Lipinski definition) is 0. The molecule has 0 spiro atoms.